The van der Waals surface area contributed by atoms with Crippen molar-refractivity contribution in [2.24, 2.45) is 5.92 Å². The van der Waals surface area contributed by atoms with Crippen molar-refractivity contribution < 1.29 is 27.4 Å². The van der Waals surface area contributed by atoms with E-state index in [1.54, 1.807) is 6.92 Å². The van der Waals surface area contributed by atoms with Crippen molar-refractivity contribution in [1.82, 2.24) is 0 Å². The van der Waals surface area contributed by atoms with E-state index in [-0.39, 0.29) is 36.4 Å². The summed E-state index contributed by atoms with van der Waals surface area (Å²) in [5.74, 6) is -0.388. The van der Waals surface area contributed by atoms with Crippen LogP contribution >= 0.6 is 0 Å². The summed E-state index contributed by atoms with van der Waals surface area (Å²) in [4.78, 5) is 12.5. The maximum Gasteiger partial charge on any atom is 0.417 e. The molecule has 140 valence electrons. The van der Waals surface area contributed by atoms with Crippen molar-refractivity contribution in [2.45, 2.75) is 58.2 Å². The molecule has 2 rings (SSSR count). The number of hydrogen-bond acceptors (Lipinski definition) is 3. The van der Waals surface area contributed by atoms with Crippen LogP contribution in [0.4, 0.5) is 13.2 Å². The lowest BCUT2D eigenvalue weighted by atomic mass is 9.89. The number of rotatable bonds is 7. The van der Waals surface area contributed by atoms with Crippen LogP contribution in [-0.4, -0.2) is 25.1 Å². The number of ketones is 1. The molecular weight excluding hydrogens is 333 g/mol. The molecule has 1 aliphatic rings. The molecule has 1 aliphatic heterocycles. The van der Waals surface area contributed by atoms with Gasteiger partial charge in [-0.1, -0.05) is 13.3 Å². The van der Waals surface area contributed by atoms with E-state index in [0.29, 0.717) is 6.61 Å². The maximum atomic E-state index is 13.3. The predicted octanol–water partition coefficient (Wildman–Crippen LogP) is 5.27. The lowest BCUT2D eigenvalue weighted by Gasteiger charge is -2.28. The molecule has 1 fully saturated rings. The molecule has 1 aromatic rings. The van der Waals surface area contributed by atoms with Gasteiger partial charge in [-0.3, -0.25) is 4.79 Å². The summed E-state index contributed by atoms with van der Waals surface area (Å²) in [6, 6.07) is 3.55. The summed E-state index contributed by atoms with van der Waals surface area (Å²) >= 11 is 0. The number of alkyl halides is 3. The number of carbonyl (C=O) groups excluding carboxylic acids is 1. The van der Waals surface area contributed by atoms with Crippen molar-refractivity contribution in [3.05, 3.63) is 29.3 Å². The number of halogens is 3. The van der Waals surface area contributed by atoms with Crippen molar-refractivity contribution in [1.29, 1.82) is 0 Å². The SMILES string of the molecule is CCCC1CCC(CC(=O)c2ccc(OCC)cc2C(F)(F)F)CO1. The third kappa shape index (κ3) is 5.46. The molecule has 0 aromatic heterocycles. The van der Waals surface area contributed by atoms with Gasteiger partial charge in [-0.15, -0.1) is 0 Å². The number of ether oxygens (including phenoxy) is 2. The van der Waals surface area contributed by atoms with Crippen molar-refractivity contribution in [2.75, 3.05) is 13.2 Å². The van der Waals surface area contributed by atoms with Gasteiger partial charge in [0.15, 0.2) is 5.78 Å². The van der Waals surface area contributed by atoms with Crippen LogP contribution in [0.2, 0.25) is 0 Å². The number of benzene rings is 1. The molecule has 2 unspecified atom stereocenters. The van der Waals surface area contributed by atoms with Gasteiger partial charge in [-0.25, -0.2) is 0 Å². The second-order valence-corrected chi connectivity index (χ2v) is 6.45. The van der Waals surface area contributed by atoms with Gasteiger partial charge in [0.05, 0.1) is 24.9 Å². The molecule has 0 bridgehead atoms. The summed E-state index contributed by atoms with van der Waals surface area (Å²) in [7, 11) is 0. The van der Waals surface area contributed by atoms with Gasteiger partial charge in [0.25, 0.3) is 0 Å². The first-order chi connectivity index (χ1) is 11.8. The van der Waals surface area contributed by atoms with Gasteiger partial charge in [0, 0.05) is 12.0 Å². The number of Topliss-reactive ketones (excluding diaryl/α,β-unsaturated/α-hetero) is 1. The first-order valence-electron chi connectivity index (χ1n) is 8.84. The quantitative estimate of drug-likeness (QED) is 0.623. The summed E-state index contributed by atoms with van der Waals surface area (Å²) in [6.07, 6.45) is -0.598. The molecule has 6 heteroatoms. The van der Waals surface area contributed by atoms with E-state index in [4.69, 9.17) is 9.47 Å². The zero-order chi connectivity index (χ0) is 18.4. The number of hydrogen-bond donors (Lipinski definition) is 0. The zero-order valence-corrected chi connectivity index (χ0v) is 14.7. The van der Waals surface area contributed by atoms with E-state index in [9.17, 15) is 18.0 Å². The molecule has 2 atom stereocenters. The second-order valence-electron chi connectivity index (χ2n) is 6.45. The van der Waals surface area contributed by atoms with E-state index in [2.05, 4.69) is 6.92 Å². The molecule has 0 radical (unpaired) electrons. The molecule has 1 heterocycles. The van der Waals surface area contributed by atoms with Crippen LogP contribution in [0.3, 0.4) is 0 Å². The Labute approximate surface area is 146 Å². The van der Waals surface area contributed by atoms with Gasteiger partial charge in [0.2, 0.25) is 0 Å². The zero-order valence-electron chi connectivity index (χ0n) is 14.7. The van der Waals surface area contributed by atoms with Gasteiger partial charge in [-0.2, -0.15) is 13.2 Å². The molecule has 1 saturated heterocycles. The maximum absolute atomic E-state index is 13.3. The highest BCUT2D eigenvalue weighted by atomic mass is 19.4. The van der Waals surface area contributed by atoms with Gasteiger partial charge in [0.1, 0.15) is 5.75 Å². The highest BCUT2D eigenvalue weighted by Crippen LogP contribution is 2.36. The van der Waals surface area contributed by atoms with Crippen LogP contribution in [0.15, 0.2) is 18.2 Å². The largest absolute Gasteiger partial charge is 0.494 e. The third-order valence-electron chi connectivity index (χ3n) is 4.46. The van der Waals surface area contributed by atoms with Crippen molar-refractivity contribution in [3.8, 4) is 5.75 Å². The Morgan fingerprint density at radius 2 is 2.04 bits per heavy atom. The average Bonchev–Trinajstić information content (AvgIpc) is 2.56. The van der Waals surface area contributed by atoms with Crippen molar-refractivity contribution in [3.63, 3.8) is 0 Å². The first kappa shape index (κ1) is 19.8. The Morgan fingerprint density at radius 1 is 1.28 bits per heavy atom. The lowest BCUT2D eigenvalue weighted by Crippen LogP contribution is -2.27. The average molecular weight is 358 g/mol. The minimum Gasteiger partial charge on any atom is -0.494 e. The smallest absolute Gasteiger partial charge is 0.417 e. The third-order valence-corrected chi connectivity index (χ3v) is 4.46. The molecule has 1 aromatic carbocycles. The van der Waals surface area contributed by atoms with E-state index in [1.165, 1.54) is 12.1 Å². The first-order valence-corrected chi connectivity index (χ1v) is 8.84. The van der Waals surface area contributed by atoms with Gasteiger partial charge >= 0.3 is 6.18 Å². The molecule has 25 heavy (non-hydrogen) atoms. The van der Waals surface area contributed by atoms with Crippen LogP contribution in [0, 0.1) is 5.92 Å². The summed E-state index contributed by atoms with van der Waals surface area (Å²) < 4.78 is 50.8. The minimum absolute atomic E-state index is 0.0201. The highest BCUT2D eigenvalue weighted by Gasteiger charge is 2.36. The topological polar surface area (TPSA) is 35.5 Å². The fourth-order valence-corrected chi connectivity index (χ4v) is 3.20. The Hall–Kier alpha value is -1.56. The van der Waals surface area contributed by atoms with Crippen LogP contribution in [0.5, 0.6) is 5.75 Å². The second kappa shape index (κ2) is 8.70. The fourth-order valence-electron chi connectivity index (χ4n) is 3.20. The Morgan fingerprint density at radius 3 is 2.60 bits per heavy atom. The van der Waals surface area contributed by atoms with Crippen LogP contribution in [0.25, 0.3) is 0 Å². The van der Waals surface area contributed by atoms with E-state index < -0.39 is 17.5 Å². The standard InChI is InChI=1S/C19H25F3O3/c1-3-5-14-7-6-13(12-25-14)10-18(23)16-9-8-15(24-4-2)11-17(16)19(20,21)22/h8-9,11,13-14H,3-7,10,12H2,1-2H3. The Balaban J connectivity index is 2.08. The van der Waals surface area contributed by atoms with E-state index in [1.807, 2.05) is 0 Å². The monoisotopic (exact) mass is 358 g/mol. The van der Waals surface area contributed by atoms with Crippen LogP contribution < -0.4 is 4.74 Å². The summed E-state index contributed by atoms with van der Waals surface area (Å²) in [6.45, 7) is 4.49. The Kier molecular flexibility index (Phi) is 6.87. The molecule has 0 amide bonds. The highest BCUT2D eigenvalue weighted by molar-refractivity contribution is 5.98. The van der Waals surface area contributed by atoms with E-state index >= 15 is 0 Å². The molecule has 0 spiro atoms. The van der Waals surface area contributed by atoms with Gasteiger partial charge in [-0.05, 0) is 50.3 Å². The summed E-state index contributed by atoms with van der Waals surface area (Å²) in [5.41, 5.74) is -1.21. The lowest BCUT2D eigenvalue weighted by molar-refractivity contribution is -0.138. The predicted molar refractivity (Wildman–Crippen MR) is 88.9 cm³/mol. The summed E-state index contributed by atoms with van der Waals surface area (Å²) in [5, 5.41) is 0. The fraction of sp³-hybridized carbons (Fsp3) is 0.632. The van der Waals surface area contributed by atoms with Crippen LogP contribution in [-0.2, 0) is 10.9 Å². The molecule has 0 aliphatic carbocycles. The van der Waals surface area contributed by atoms with Crippen molar-refractivity contribution >= 4 is 5.78 Å². The Bertz CT molecular complexity index is 576. The molecule has 0 N–H and O–H groups in total. The van der Waals surface area contributed by atoms with Gasteiger partial charge < -0.3 is 9.47 Å². The van der Waals surface area contributed by atoms with E-state index in [0.717, 1.165) is 31.7 Å². The molecule has 0 saturated carbocycles. The number of carbonyl (C=O) groups is 1. The van der Waals surface area contributed by atoms with Crippen LogP contribution in [0.1, 0.15) is 61.9 Å². The molecule has 3 nitrogen and oxygen atoms in total. The molecular formula is C19H25F3O3. The normalized spacial score (nSPS) is 21.2. The minimum atomic E-state index is -4.59.